The lowest BCUT2D eigenvalue weighted by Crippen LogP contribution is -2.56. The predicted octanol–water partition coefficient (Wildman–Crippen LogP) is 1.77. The summed E-state index contributed by atoms with van der Waals surface area (Å²) in [4.78, 5) is 20.6. The van der Waals surface area contributed by atoms with Crippen molar-refractivity contribution in [3.05, 3.63) is 17.3 Å². The zero-order chi connectivity index (χ0) is 19.6. The first kappa shape index (κ1) is 19.2. The number of pyridine rings is 1. The van der Waals surface area contributed by atoms with Crippen molar-refractivity contribution in [3.8, 4) is 11.9 Å². The summed E-state index contributed by atoms with van der Waals surface area (Å²) in [7, 11) is 0. The fourth-order valence-corrected chi connectivity index (χ4v) is 3.63. The average Bonchev–Trinajstić information content (AvgIpc) is 2.59. The number of piperazine rings is 1. The number of nitrogens with zero attached hydrogens (tertiary/aromatic N) is 4. The van der Waals surface area contributed by atoms with E-state index in [1.807, 2.05) is 20.8 Å². The van der Waals surface area contributed by atoms with Gasteiger partial charge in [0.1, 0.15) is 5.60 Å². The second kappa shape index (κ2) is 7.61. The van der Waals surface area contributed by atoms with Crippen molar-refractivity contribution in [1.82, 2.24) is 15.2 Å². The molecule has 3 heterocycles. The van der Waals surface area contributed by atoms with Crippen molar-refractivity contribution in [2.45, 2.75) is 51.8 Å². The van der Waals surface area contributed by atoms with E-state index in [-0.39, 0.29) is 24.4 Å². The largest absolute Gasteiger partial charge is 0.493 e. The maximum Gasteiger partial charge on any atom is 0.410 e. The van der Waals surface area contributed by atoms with Crippen molar-refractivity contribution in [2.24, 2.45) is 0 Å². The molecule has 1 atom stereocenters. The molecule has 3 rings (SSSR count). The summed E-state index contributed by atoms with van der Waals surface area (Å²) in [5, 5.41) is 22.5. The van der Waals surface area contributed by atoms with Gasteiger partial charge >= 0.3 is 6.09 Å². The second-order valence-corrected chi connectivity index (χ2v) is 7.99. The number of fused-ring (bicyclic) bond motifs is 1. The number of amides is 1. The number of nitrogens with one attached hydrogen (secondary N) is 1. The number of aromatic nitrogens is 1. The fourth-order valence-electron chi connectivity index (χ4n) is 3.63. The highest BCUT2D eigenvalue weighted by Gasteiger charge is 2.34. The minimum absolute atomic E-state index is 0.00106. The lowest BCUT2D eigenvalue weighted by atomic mass is 10.0. The zero-order valence-corrected chi connectivity index (χ0v) is 16.2. The van der Waals surface area contributed by atoms with E-state index in [0.717, 1.165) is 29.9 Å². The Morgan fingerprint density at radius 1 is 1.48 bits per heavy atom. The van der Waals surface area contributed by atoms with Crippen LogP contribution < -0.4 is 10.2 Å². The van der Waals surface area contributed by atoms with Gasteiger partial charge in [0.05, 0.1) is 24.2 Å². The Labute approximate surface area is 159 Å². The number of hydrogen-bond acceptors (Lipinski definition) is 7. The monoisotopic (exact) mass is 373 g/mol. The van der Waals surface area contributed by atoms with Crippen LogP contribution in [0, 0.1) is 11.3 Å². The molecule has 0 radical (unpaired) electrons. The Balaban J connectivity index is 1.82. The van der Waals surface area contributed by atoms with Gasteiger partial charge in [0.25, 0.3) is 0 Å². The quantitative estimate of drug-likeness (QED) is 0.814. The molecule has 27 heavy (non-hydrogen) atoms. The van der Waals surface area contributed by atoms with Crippen LogP contribution in [0.1, 0.15) is 38.4 Å². The summed E-state index contributed by atoms with van der Waals surface area (Å²) < 4.78 is 5.51. The molecule has 8 nitrogen and oxygen atoms in total. The van der Waals surface area contributed by atoms with Crippen molar-refractivity contribution in [2.75, 3.05) is 31.1 Å². The number of rotatable bonds is 2. The van der Waals surface area contributed by atoms with Crippen LogP contribution in [0.25, 0.3) is 0 Å². The van der Waals surface area contributed by atoms with E-state index in [2.05, 4.69) is 21.3 Å². The summed E-state index contributed by atoms with van der Waals surface area (Å²) in [6.45, 7) is 8.61. The number of aromatic hydroxyl groups is 1. The summed E-state index contributed by atoms with van der Waals surface area (Å²) in [6, 6.07) is 3.62. The van der Waals surface area contributed by atoms with Gasteiger partial charge in [-0.05, 0) is 39.3 Å². The molecule has 2 N–H and O–H groups in total. The minimum atomic E-state index is -0.575. The van der Waals surface area contributed by atoms with E-state index in [0.29, 0.717) is 26.2 Å². The molecular weight excluding hydrogens is 346 g/mol. The third-order valence-electron chi connectivity index (χ3n) is 4.80. The topological polar surface area (TPSA) is 102 Å². The molecule has 8 heteroatoms. The number of carbonyl (C=O) groups is 1. The maximum absolute atomic E-state index is 12.5. The van der Waals surface area contributed by atoms with Crippen LogP contribution in [0.15, 0.2) is 6.07 Å². The highest BCUT2D eigenvalue weighted by atomic mass is 16.6. The van der Waals surface area contributed by atoms with Gasteiger partial charge in [-0.2, -0.15) is 5.26 Å². The van der Waals surface area contributed by atoms with E-state index < -0.39 is 5.60 Å². The van der Waals surface area contributed by atoms with E-state index >= 15 is 0 Å². The minimum Gasteiger partial charge on any atom is -0.493 e. The van der Waals surface area contributed by atoms with Crippen LogP contribution in [0.3, 0.4) is 0 Å². The van der Waals surface area contributed by atoms with Crippen LogP contribution in [-0.2, 0) is 17.7 Å². The molecule has 1 aromatic rings. The van der Waals surface area contributed by atoms with Crippen LogP contribution in [-0.4, -0.2) is 58.9 Å². The SMILES string of the molecule is CC(C)(C)OC(=O)N1CCN(c2cc(O)nc3c2CCNC3)C[C@@H]1CC#N. The summed E-state index contributed by atoms with van der Waals surface area (Å²) >= 11 is 0. The van der Waals surface area contributed by atoms with Gasteiger partial charge in [0, 0.05) is 37.9 Å². The number of carbonyl (C=O) groups excluding carboxylic acids is 1. The number of anilines is 1. The van der Waals surface area contributed by atoms with Crippen LogP contribution in [0.2, 0.25) is 0 Å². The van der Waals surface area contributed by atoms with Gasteiger partial charge in [0.2, 0.25) is 5.88 Å². The molecule has 0 spiro atoms. The molecule has 2 aliphatic heterocycles. The maximum atomic E-state index is 12.5. The molecule has 0 saturated carbocycles. The standard InChI is InChI=1S/C19H27N5O3/c1-19(2,3)27-18(26)24-9-8-23(12-13(24)4-6-20)16-10-17(25)22-15-11-21-7-5-14(15)16/h10,13,21H,4-5,7-9,11-12H2,1-3H3,(H,22,25)/t13-/m0/s1. The average molecular weight is 373 g/mol. The normalized spacial score (nSPS) is 20.0. The molecule has 146 valence electrons. The van der Waals surface area contributed by atoms with Crippen molar-refractivity contribution < 1.29 is 14.6 Å². The summed E-state index contributed by atoms with van der Waals surface area (Å²) in [5.74, 6) is -0.00106. The molecule has 1 aromatic heterocycles. The highest BCUT2D eigenvalue weighted by Crippen LogP contribution is 2.31. The highest BCUT2D eigenvalue weighted by molar-refractivity contribution is 5.69. The molecule has 1 amide bonds. The lowest BCUT2D eigenvalue weighted by molar-refractivity contribution is 0.0145. The first-order valence-corrected chi connectivity index (χ1v) is 9.32. The third-order valence-corrected chi connectivity index (χ3v) is 4.80. The van der Waals surface area contributed by atoms with Crippen molar-refractivity contribution >= 4 is 11.8 Å². The van der Waals surface area contributed by atoms with E-state index in [9.17, 15) is 15.2 Å². The molecule has 0 aliphatic carbocycles. The smallest absolute Gasteiger partial charge is 0.410 e. The molecular formula is C19H27N5O3. The number of hydrogen-bond donors (Lipinski definition) is 2. The van der Waals surface area contributed by atoms with Crippen molar-refractivity contribution in [1.29, 1.82) is 5.26 Å². The Morgan fingerprint density at radius 3 is 2.96 bits per heavy atom. The first-order chi connectivity index (χ1) is 12.8. The van der Waals surface area contributed by atoms with E-state index in [1.54, 1.807) is 11.0 Å². The van der Waals surface area contributed by atoms with Crippen molar-refractivity contribution in [3.63, 3.8) is 0 Å². The molecule has 2 aliphatic rings. The summed E-state index contributed by atoms with van der Waals surface area (Å²) in [6.07, 6.45) is 0.690. The Kier molecular flexibility index (Phi) is 5.42. The molecule has 1 saturated heterocycles. The van der Waals surface area contributed by atoms with Gasteiger partial charge in [-0.3, -0.25) is 0 Å². The van der Waals surface area contributed by atoms with Crippen LogP contribution in [0.5, 0.6) is 5.88 Å². The van der Waals surface area contributed by atoms with E-state index in [4.69, 9.17) is 4.74 Å². The van der Waals surface area contributed by atoms with Crippen LogP contribution >= 0.6 is 0 Å². The third kappa shape index (κ3) is 4.42. The Bertz CT molecular complexity index is 753. The fraction of sp³-hybridized carbons (Fsp3) is 0.632. The number of nitriles is 1. The first-order valence-electron chi connectivity index (χ1n) is 9.32. The van der Waals surface area contributed by atoms with Gasteiger partial charge in [0.15, 0.2) is 0 Å². The second-order valence-electron chi connectivity index (χ2n) is 7.99. The van der Waals surface area contributed by atoms with E-state index in [1.165, 1.54) is 0 Å². The zero-order valence-electron chi connectivity index (χ0n) is 16.2. The molecule has 0 unspecified atom stereocenters. The number of ether oxygens (including phenoxy) is 1. The van der Waals surface area contributed by atoms with Gasteiger partial charge < -0.3 is 25.0 Å². The van der Waals surface area contributed by atoms with Gasteiger partial charge in [-0.25, -0.2) is 9.78 Å². The Hall–Kier alpha value is -2.53. The van der Waals surface area contributed by atoms with Gasteiger partial charge in [-0.1, -0.05) is 0 Å². The lowest BCUT2D eigenvalue weighted by Gasteiger charge is -2.42. The Morgan fingerprint density at radius 2 is 2.26 bits per heavy atom. The predicted molar refractivity (Wildman–Crippen MR) is 100 cm³/mol. The summed E-state index contributed by atoms with van der Waals surface area (Å²) in [5.41, 5.74) is 2.37. The van der Waals surface area contributed by atoms with Gasteiger partial charge in [-0.15, -0.1) is 0 Å². The molecule has 0 aromatic carbocycles. The van der Waals surface area contributed by atoms with Crippen LogP contribution in [0.4, 0.5) is 10.5 Å². The molecule has 0 bridgehead atoms. The molecule has 1 fully saturated rings.